The Hall–Kier alpha value is -0.500. The fourth-order valence-corrected chi connectivity index (χ4v) is 3.97. The van der Waals surface area contributed by atoms with Crippen molar-refractivity contribution in [3.05, 3.63) is 28.0 Å². The molecule has 0 bridgehead atoms. The van der Waals surface area contributed by atoms with E-state index in [9.17, 15) is 12.8 Å². The van der Waals surface area contributed by atoms with E-state index in [4.69, 9.17) is 0 Å². The summed E-state index contributed by atoms with van der Waals surface area (Å²) in [7, 11) is -3.60. The van der Waals surface area contributed by atoms with E-state index < -0.39 is 15.8 Å². The van der Waals surface area contributed by atoms with Gasteiger partial charge in [0.2, 0.25) is 10.0 Å². The number of hydrogen-bond acceptors (Lipinski definition) is 3. The van der Waals surface area contributed by atoms with Gasteiger partial charge in [0, 0.05) is 12.6 Å². The van der Waals surface area contributed by atoms with Gasteiger partial charge in [-0.15, -0.1) is 0 Å². The number of sulfonamides is 1. The predicted molar refractivity (Wildman–Crippen MR) is 70.4 cm³/mol. The van der Waals surface area contributed by atoms with Gasteiger partial charge in [-0.2, -0.15) is 0 Å². The van der Waals surface area contributed by atoms with Crippen LogP contribution in [0, 0.1) is 12.7 Å². The van der Waals surface area contributed by atoms with Crippen molar-refractivity contribution >= 4 is 26.0 Å². The molecule has 1 aromatic carbocycles. The van der Waals surface area contributed by atoms with Gasteiger partial charge < -0.3 is 5.32 Å². The molecule has 0 saturated carbocycles. The first kappa shape index (κ1) is 13.9. The Kier molecular flexibility index (Phi) is 4.05. The van der Waals surface area contributed by atoms with E-state index in [2.05, 4.69) is 26.0 Å². The fraction of sp³-hybridized carbons (Fsp3) is 0.455. The maximum absolute atomic E-state index is 13.3. The summed E-state index contributed by atoms with van der Waals surface area (Å²) in [4.78, 5) is 0.114. The van der Waals surface area contributed by atoms with Crippen LogP contribution in [0.2, 0.25) is 0 Å². The Labute approximate surface area is 114 Å². The van der Waals surface area contributed by atoms with Gasteiger partial charge in [0.15, 0.2) is 0 Å². The van der Waals surface area contributed by atoms with E-state index in [0.29, 0.717) is 12.1 Å². The second kappa shape index (κ2) is 5.24. The van der Waals surface area contributed by atoms with E-state index in [-0.39, 0.29) is 15.4 Å². The zero-order valence-electron chi connectivity index (χ0n) is 9.83. The smallest absolute Gasteiger partial charge is 0.241 e. The van der Waals surface area contributed by atoms with Crippen molar-refractivity contribution in [3.63, 3.8) is 0 Å². The molecule has 2 N–H and O–H groups in total. The SMILES string of the molecule is Cc1cc(F)c(Br)cc1S(=O)(=O)NC1CCNC1. The number of hydrogen-bond donors (Lipinski definition) is 2. The molecule has 1 atom stereocenters. The van der Waals surface area contributed by atoms with Crippen LogP contribution in [0.5, 0.6) is 0 Å². The molecule has 0 aromatic heterocycles. The molecule has 0 radical (unpaired) electrons. The summed E-state index contributed by atoms with van der Waals surface area (Å²) in [5, 5.41) is 3.09. The molecule has 1 aliphatic rings. The number of benzene rings is 1. The van der Waals surface area contributed by atoms with Crippen LogP contribution in [0.4, 0.5) is 4.39 Å². The fourth-order valence-electron chi connectivity index (χ4n) is 1.96. The van der Waals surface area contributed by atoms with Crippen LogP contribution in [0.25, 0.3) is 0 Å². The molecule has 1 aromatic rings. The predicted octanol–water partition coefficient (Wildman–Crippen LogP) is 1.54. The highest BCUT2D eigenvalue weighted by atomic mass is 79.9. The normalized spacial score (nSPS) is 20.3. The molecule has 1 unspecified atom stereocenters. The van der Waals surface area contributed by atoms with Gasteiger partial charge in [0.1, 0.15) is 5.82 Å². The topological polar surface area (TPSA) is 58.2 Å². The minimum atomic E-state index is -3.60. The van der Waals surface area contributed by atoms with Gasteiger partial charge >= 0.3 is 0 Å². The average molecular weight is 337 g/mol. The molecule has 0 amide bonds. The highest BCUT2D eigenvalue weighted by Gasteiger charge is 2.24. The Balaban J connectivity index is 2.31. The van der Waals surface area contributed by atoms with Crippen LogP contribution >= 0.6 is 15.9 Å². The van der Waals surface area contributed by atoms with Crippen LogP contribution in [0.15, 0.2) is 21.5 Å². The molecule has 1 saturated heterocycles. The summed E-state index contributed by atoms with van der Waals surface area (Å²) in [6.45, 7) is 3.01. The minimum absolute atomic E-state index is 0.0989. The van der Waals surface area contributed by atoms with Crippen LogP contribution in [-0.4, -0.2) is 27.5 Å². The van der Waals surface area contributed by atoms with Crippen LogP contribution in [0.1, 0.15) is 12.0 Å². The zero-order chi connectivity index (χ0) is 13.3. The number of aryl methyl sites for hydroxylation is 1. The monoisotopic (exact) mass is 336 g/mol. The first-order valence-corrected chi connectivity index (χ1v) is 7.86. The third kappa shape index (κ3) is 2.90. The summed E-state index contributed by atoms with van der Waals surface area (Å²) in [6, 6.07) is 2.42. The Morgan fingerprint density at radius 2 is 2.22 bits per heavy atom. The Bertz CT molecular complexity index is 556. The van der Waals surface area contributed by atoms with Crippen molar-refractivity contribution < 1.29 is 12.8 Å². The van der Waals surface area contributed by atoms with Gasteiger partial charge in [0.05, 0.1) is 9.37 Å². The Morgan fingerprint density at radius 3 is 2.83 bits per heavy atom. The van der Waals surface area contributed by atoms with Crippen LogP contribution < -0.4 is 10.0 Å². The molecule has 4 nitrogen and oxygen atoms in total. The van der Waals surface area contributed by atoms with E-state index >= 15 is 0 Å². The maximum atomic E-state index is 13.3. The summed E-state index contributed by atoms with van der Waals surface area (Å²) in [5.74, 6) is -0.464. The standard InChI is InChI=1S/C11H14BrFN2O2S/c1-7-4-10(13)9(12)5-11(7)18(16,17)15-8-2-3-14-6-8/h4-5,8,14-15H,2-3,6H2,1H3. The van der Waals surface area contributed by atoms with Crippen molar-refractivity contribution in [1.29, 1.82) is 0 Å². The maximum Gasteiger partial charge on any atom is 0.241 e. The summed E-state index contributed by atoms with van der Waals surface area (Å²) >= 11 is 3.01. The van der Waals surface area contributed by atoms with Crippen molar-refractivity contribution in [1.82, 2.24) is 10.0 Å². The number of rotatable bonds is 3. The lowest BCUT2D eigenvalue weighted by Gasteiger charge is -2.14. The minimum Gasteiger partial charge on any atom is -0.315 e. The molecule has 1 fully saturated rings. The van der Waals surface area contributed by atoms with E-state index in [1.54, 1.807) is 6.92 Å². The van der Waals surface area contributed by atoms with Gasteiger partial charge in [0.25, 0.3) is 0 Å². The summed E-state index contributed by atoms with van der Waals surface area (Å²) < 4.78 is 40.4. The third-order valence-corrected chi connectivity index (χ3v) is 5.16. The van der Waals surface area contributed by atoms with Gasteiger partial charge in [-0.25, -0.2) is 17.5 Å². The third-order valence-electron chi connectivity index (χ3n) is 2.89. The first-order valence-electron chi connectivity index (χ1n) is 5.59. The van der Waals surface area contributed by atoms with Crippen LogP contribution in [-0.2, 0) is 10.0 Å². The van der Waals surface area contributed by atoms with E-state index in [0.717, 1.165) is 13.0 Å². The largest absolute Gasteiger partial charge is 0.315 e. The van der Waals surface area contributed by atoms with Gasteiger partial charge in [-0.05, 0) is 53.5 Å². The van der Waals surface area contributed by atoms with Crippen molar-refractivity contribution in [2.45, 2.75) is 24.3 Å². The molecule has 2 rings (SSSR count). The first-order chi connectivity index (χ1) is 8.40. The summed E-state index contributed by atoms with van der Waals surface area (Å²) in [6.07, 6.45) is 0.765. The van der Waals surface area contributed by atoms with Crippen molar-refractivity contribution in [3.8, 4) is 0 Å². The molecule has 0 aliphatic carbocycles. The molecule has 0 spiro atoms. The van der Waals surface area contributed by atoms with Gasteiger partial charge in [-0.3, -0.25) is 0 Å². The molecule has 100 valence electrons. The van der Waals surface area contributed by atoms with Crippen molar-refractivity contribution in [2.24, 2.45) is 0 Å². The second-order valence-electron chi connectivity index (χ2n) is 4.34. The highest BCUT2D eigenvalue weighted by Crippen LogP contribution is 2.24. The number of nitrogens with one attached hydrogen (secondary N) is 2. The molecular formula is C11H14BrFN2O2S. The molecule has 7 heteroatoms. The lowest BCUT2D eigenvalue weighted by molar-refractivity contribution is 0.558. The second-order valence-corrected chi connectivity index (χ2v) is 6.88. The molecule has 18 heavy (non-hydrogen) atoms. The van der Waals surface area contributed by atoms with Crippen molar-refractivity contribution in [2.75, 3.05) is 13.1 Å². The van der Waals surface area contributed by atoms with E-state index in [1.807, 2.05) is 0 Å². The van der Waals surface area contributed by atoms with Crippen LogP contribution in [0.3, 0.4) is 0 Å². The number of halogens is 2. The molecular weight excluding hydrogens is 323 g/mol. The van der Waals surface area contributed by atoms with Gasteiger partial charge in [-0.1, -0.05) is 0 Å². The Morgan fingerprint density at radius 1 is 1.50 bits per heavy atom. The highest BCUT2D eigenvalue weighted by molar-refractivity contribution is 9.10. The lowest BCUT2D eigenvalue weighted by atomic mass is 10.2. The molecule has 1 heterocycles. The van der Waals surface area contributed by atoms with E-state index in [1.165, 1.54) is 12.1 Å². The lowest BCUT2D eigenvalue weighted by Crippen LogP contribution is -2.36. The quantitative estimate of drug-likeness (QED) is 0.880. The summed E-state index contributed by atoms with van der Waals surface area (Å²) in [5.41, 5.74) is 0.397. The molecule has 1 aliphatic heterocycles. The zero-order valence-corrected chi connectivity index (χ0v) is 12.2. The average Bonchev–Trinajstić information content (AvgIpc) is 2.75.